The van der Waals surface area contributed by atoms with Crippen molar-refractivity contribution >= 4 is 21.8 Å². The van der Waals surface area contributed by atoms with Crippen molar-refractivity contribution in [1.29, 1.82) is 0 Å². The molecule has 1 aromatic heterocycles. The summed E-state index contributed by atoms with van der Waals surface area (Å²) >= 11 is 3.49. The summed E-state index contributed by atoms with van der Waals surface area (Å²) < 4.78 is 11.4. The van der Waals surface area contributed by atoms with Gasteiger partial charge < -0.3 is 15.0 Å². The van der Waals surface area contributed by atoms with Crippen LogP contribution in [0.25, 0.3) is 22.4 Å². The van der Waals surface area contributed by atoms with Gasteiger partial charge in [-0.05, 0) is 42.3 Å². The maximum absolute atomic E-state index is 6.00. The van der Waals surface area contributed by atoms with Crippen LogP contribution in [0.3, 0.4) is 0 Å². The minimum atomic E-state index is 0.305. The molecule has 3 aromatic rings. The van der Waals surface area contributed by atoms with E-state index in [0.717, 1.165) is 38.2 Å². The van der Waals surface area contributed by atoms with Crippen LogP contribution < -0.4 is 10.5 Å². The van der Waals surface area contributed by atoms with Crippen LogP contribution in [0, 0.1) is 6.92 Å². The molecule has 5 heteroatoms. The highest BCUT2D eigenvalue weighted by Gasteiger charge is 2.19. The highest BCUT2D eigenvalue weighted by Crippen LogP contribution is 2.38. The van der Waals surface area contributed by atoms with Gasteiger partial charge in [-0.25, -0.2) is 0 Å². The number of anilines is 1. The first-order valence-electron chi connectivity index (χ1n) is 8.76. The summed E-state index contributed by atoms with van der Waals surface area (Å²) in [5.74, 6) is 1.10. The number of nitrogens with two attached hydrogens (primary N) is 1. The average molecular weight is 419 g/mol. The van der Waals surface area contributed by atoms with Crippen molar-refractivity contribution < 1.29 is 9.26 Å². The fourth-order valence-electron chi connectivity index (χ4n) is 2.37. The van der Waals surface area contributed by atoms with E-state index in [1.807, 2.05) is 77.1 Å². The second kappa shape index (κ2) is 10.7. The Morgan fingerprint density at radius 1 is 1.00 bits per heavy atom. The number of methoxy groups -OCH3 is 1. The molecule has 0 aliphatic carbocycles. The Bertz CT molecular complexity index is 811. The van der Waals surface area contributed by atoms with Crippen molar-refractivity contribution in [3.05, 3.63) is 52.5 Å². The largest absolute Gasteiger partial charge is 0.497 e. The normalized spacial score (nSPS) is 9.50. The number of hydrogen-bond acceptors (Lipinski definition) is 4. The lowest BCUT2D eigenvalue weighted by Gasteiger charge is -2.07. The van der Waals surface area contributed by atoms with Crippen molar-refractivity contribution in [2.24, 2.45) is 0 Å². The highest BCUT2D eigenvalue weighted by molar-refractivity contribution is 9.10. The summed E-state index contributed by atoms with van der Waals surface area (Å²) in [6.07, 6.45) is 0. The van der Waals surface area contributed by atoms with Crippen molar-refractivity contribution in [3.8, 4) is 28.1 Å². The van der Waals surface area contributed by atoms with E-state index in [1.165, 1.54) is 0 Å². The quantitative estimate of drug-likeness (QED) is 0.512. The zero-order valence-corrected chi connectivity index (χ0v) is 17.8. The number of halogens is 1. The van der Waals surface area contributed by atoms with Crippen molar-refractivity contribution in [3.63, 3.8) is 0 Å². The first-order valence-corrected chi connectivity index (χ1v) is 9.55. The van der Waals surface area contributed by atoms with Crippen LogP contribution >= 0.6 is 15.9 Å². The number of rotatable bonds is 3. The van der Waals surface area contributed by atoms with Crippen molar-refractivity contribution in [2.45, 2.75) is 34.6 Å². The Balaban J connectivity index is 0.000000791. The fourth-order valence-corrected chi connectivity index (χ4v) is 2.73. The molecule has 0 spiro atoms. The molecular weight excluding hydrogens is 392 g/mol. The van der Waals surface area contributed by atoms with Crippen LogP contribution in [0.2, 0.25) is 0 Å². The lowest BCUT2D eigenvalue weighted by atomic mass is 9.98. The first kappa shape index (κ1) is 21.8. The highest BCUT2D eigenvalue weighted by atomic mass is 79.9. The van der Waals surface area contributed by atoms with E-state index in [-0.39, 0.29) is 0 Å². The minimum absolute atomic E-state index is 0.305. The molecule has 2 N–H and O–H groups in total. The monoisotopic (exact) mass is 418 g/mol. The third-order valence-electron chi connectivity index (χ3n) is 3.55. The Morgan fingerprint density at radius 3 is 2.19 bits per heavy atom. The van der Waals surface area contributed by atoms with Gasteiger partial charge in [-0.3, -0.25) is 0 Å². The van der Waals surface area contributed by atoms with Gasteiger partial charge in [0.05, 0.1) is 12.7 Å². The zero-order valence-electron chi connectivity index (χ0n) is 16.3. The molecule has 140 valence electrons. The number of aryl methyl sites for hydroxylation is 1. The first-order chi connectivity index (χ1) is 12.6. The topological polar surface area (TPSA) is 61.3 Å². The number of nitrogen functional groups attached to an aromatic ring is 1. The predicted octanol–water partition coefficient (Wildman–Crippen LogP) is 6.72. The summed E-state index contributed by atoms with van der Waals surface area (Å²) in [6, 6.07) is 13.7. The van der Waals surface area contributed by atoms with Gasteiger partial charge in [0.25, 0.3) is 0 Å². The van der Waals surface area contributed by atoms with Gasteiger partial charge in [0.1, 0.15) is 11.4 Å². The number of benzene rings is 2. The van der Waals surface area contributed by atoms with E-state index in [2.05, 4.69) is 21.1 Å². The molecule has 0 aliphatic rings. The Labute approximate surface area is 164 Å². The van der Waals surface area contributed by atoms with Gasteiger partial charge in [0.15, 0.2) is 0 Å². The van der Waals surface area contributed by atoms with Crippen LogP contribution in [0.15, 0.2) is 51.5 Å². The van der Waals surface area contributed by atoms with Crippen molar-refractivity contribution in [2.75, 3.05) is 12.8 Å². The standard InChI is InChI=1S/C17H15BrN2O2.2C2H6/c1-10-3-6-12(18)9-14(10)16-15(17(19)22-20-16)11-4-7-13(21-2)8-5-11;2*1-2/h3-9H,19H2,1-2H3;2*1-2H3. The summed E-state index contributed by atoms with van der Waals surface area (Å²) in [6.45, 7) is 10.0. The number of nitrogens with zero attached hydrogens (tertiary/aromatic N) is 1. The molecule has 3 rings (SSSR count). The van der Waals surface area contributed by atoms with E-state index in [4.69, 9.17) is 15.0 Å². The van der Waals surface area contributed by atoms with Gasteiger partial charge in [-0.1, -0.05) is 67.0 Å². The Hall–Kier alpha value is -2.27. The molecule has 0 bridgehead atoms. The van der Waals surface area contributed by atoms with E-state index in [0.29, 0.717) is 5.88 Å². The molecule has 0 radical (unpaired) electrons. The summed E-state index contributed by atoms with van der Waals surface area (Å²) in [5.41, 5.74) is 10.6. The molecule has 26 heavy (non-hydrogen) atoms. The molecule has 4 nitrogen and oxygen atoms in total. The zero-order chi connectivity index (χ0) is 19.7. The lowest BCUT2D eigenvalue weighted by Crippen LogP contribution is -1.90. The lowest BCUT2D eigenvalue weighted by molar-refractivity contribution is 0.415. The summed E-state index contributed by atoms with van der Waals surface area (Å²) in [4.78, 5) is 0. The minimum Gasteiger partial charge on any atom is -0.497 e. The number of aromatic nitrogens is 1. The third-order valence-corrected chi connectivity index (χ3v) is 4.05. The van der Waals surface area contributed by atoms with Crippen LogP contribution in [-0.2, 0) is 0 Å². The molecule has 2 aromatic carbocycles. The molecule has 0 atom stereocenters. The van der Waals surface area contributed by atoms with Gasteiger partial charge >= 0.3 is 0 Å². The molecule has 0 aliphatic heterocycles. The number of hydrogen-bond donors (Lipinski definition) is 1. The van der Waals surface area contributed by atoms with E-state index in [1.54, 1.807) is 7.11 Å². The smallest absolute Gasteiger partial charge is 0.230 e. The second-order valence-electron chi connectivity index (χ2n) is 4.96. The van der Waals surface area contributed by atoms with E-state index >= 15 is 0 Å². The van der Waals surface area contributed by atoms with Crippen LogP contribution in [-0.4, -0.2) is 12.3 Å². The number of ether oxygens (including phenoxy) is 1. The SMILES string of the molecule is CC.CC.COc1ccc(-c2c(-c3cc(Br)ccc3C)noc2N)cc1. The molecular formula is C21H27BrN2O2. The summed E-state index contributed by atoms with van der Waals surface area (Å²) in [7, 11) is 1.64. The molecule has 0 saturated heterocycles. The van der Waals surface area contributed by atoms with Gasteiger partial charge in [0, 0.05) is 10.0 Å². The second-order valence-corrected chi connectivity index (χ2v) is 5.87. The molecule has 1 heterocycles. The molecule has 0 amide bonds. The fraction of sp³-hybridized carbons (Fsp3) is 0.286. The summed E-state index contributed by atoms with van der Waals surface area (Å²) in [5, 5.41) is 4.15. The van der Waals surface area contributed by atoms with Crippen molar-refractivity contribution in [1.82, 2.24) is 5.16 Å². The Kier molecular flexibility index (Phi) is 8.93. The average Bonchev–Trinajstić information content (AvgIpc) is 3.08. The maximum Gasteiger partial charge on any atom is 0.230 e. The van der Waals surface area contributed by atoms with Gasteiger partial charge in [-0.15, -0.1) is 0 Å². The maximum atomic E-state index is 6.00. The predicted molar refractivity (Wildman–Crippen MR) is 113 cm³/mol. The Morgan fingerprint density at radius 2 is 1.62 bits per heavy atom. The van der Waals surface area contributed by atoms with Crippen LogP contribution in [0.1, 0.15) is 33.3 Å². The van der Waals surface area contributed by atoms with E-state index < -0.39 is 0 Å². The molecule has 0 unspecified atom stereocenters. The van der Waals surface area contributed by atoms with E-state index in [9.17, 15) is 0 Å². The third kappa shape index (κ3) is 4.88. The van der Waals surface area contributed by atoms with Gasteiger partial charge in [0.2, 0.25) is 5.88 Å². The van der Waals surface area contributed by atoms with Gasteiger partial charge in [-0.2, -0.15) is 0 Å². The van der Waals surface area contributed by atoms with Crippen LogP contribution in [0.4, 0.5) is 5.88 Å². The molecule has 0 saturated carbocycles. The molecule has 0 fully saturated rings. The van der Waals surface area contributed by atoms with Crippen LogP contribution in [0.5, 0.6) is 5.75 Å².